The van der Waals surface area contributed by atoms with Crippen LogP contribution in [0.1, 0.15) is 43.6 Å². The summed E-state index contributed by atoms with van der Waals surface area (Å²) >= 11 is 0. The Morgan fingerprint density at radius 3 is 2.68 bits per heavy atom. The van der Waals surface area contributed by atoms with E-state index in [1.807, 2.05) is 32.3 Å². The van der Waals surface area contributed by atoms with E-state index in [0.717, 1.165) is 29.8 Å². The standard InChI is InChI=1S/C14H22BN3O/c1-9(2)13(19)14-17-11(4)12(5)18(14)10(3)6-7-15-8-16/h9,13,15,19H,3,6-7H2,1-2,4-5H3. The maximum atomic E-state index is 10.3. The van der Waals surface area contributed by atoms with Crippen LogP contribution in [-0.4, -0.2) is 21.9 Å². The summed E-state index contributed by atoms with van der Waals surface area (Å²) in [5.41, 5.74) is 2.82. The molecule has 4 nitrogen and oxygen atoms in total. The fourth-order valence-electron chi connectivity index (χ4n) is 2.02. The Hall–Kier alpha value is -1.54. The molecule has 0 spiro atoms. The van der Waals surface area contributed by atoms with Crippen LogP contribution in [0.3, 0.4) is 0 Å². The number of aliphatic hydroxyl groups is 1. The Morgan fingerprint density at radius 2 is 2.16 bits per heavy atom. The van der Waals surface area contributed by atoms with E-state index in [2.05, 4.69) is 17.5 Å². The Balaban J connectivity index is 3.05. The van der Waals surface area contributed by atoms with Gasteiger partial charge in [0, 0.05) is 11.4 Å². The van der Waals surface area contributed by atoms with E-state index >= 15 is 0 Å². The van der Waals surface area contributed by atoms with Crippen LogP contribution in [0.5, 0.6) is 0 Å². The smallest absolute Gasteiger partial charge is 0.250 e. The first-order valence-electron chi connectivity index (χ1n) is 6.69. The molecule has 0 bridgehead atoms. The number of aryl methyl sites for hydroxylation is 1. The first kappa shape index (κ1) is 15.5. The summed E-state index contributed by atoms with van der Waals surface area (Å²) in [5, 5.41) is 18.8. The number of aromatic nitrogens is 2. The lowest BCUT2D eigenvalue weighted by Crippen LogP contribution is -2.14. The first-order valence-corrected chi connectivity index (χ1v) is 6.69. The lowest BCUT2D eigenvalue weighted by molar-refractivity contribution is 0.116. The van der Waals surface area contributed by atoms with Gasteiger partial charge < -0.3 is 9.67 Å². The molecule has 0 amide bonds. The maximum absolute atomic E-state index is 10.3. The monoisotopic (exact) mass is 259 g/mol. The van der Waals surface area contributed by atoms with Crippen molar-refractivity contribution in [1.29, 1.82) is 5.26 Å². The molecule has 5 heteroatoms. The van der Waals surface area contributed by atoms with Crippen molar-refractivity contribution in [3.63, 3.8) is 0 Å². The molecule has 0 saturated heterocycles. The number of aliphatic hydroxyl groups excluding tert-OH is 1. The third-order valence-corrected chi connectivity index (χ3v) is 3.34. The van der Waals surface area contributed by atoms with Gasteiger partial charge in [-0.05, 0) is 32.2 Å². The molecule has 0 fully saturated rings. The van der Waals surface area contributed by atoms with E-state index in [-0.39, 0.29) is 5.92 Å². The second-order valence-corrected chi connectivity index (χ2v) is 5.24. The zero-order valence-corrected chi connectivity index (χ0v) is 12.3. The van der Waals surface area contributed by atoms with Crippen LogP contribution in [-0.2, 0) is 0 Å². The highest BCUT2D eigenvalue weighted by Crippen LogP contribution is 2.27. The van der Waals surface area contributed by atoms with Crippen LogP contribution in [0, 0.1) is 31.0 Å². The van der Waals surface area contributed by atoms with Gasteiger partial charge >= 0.3 is 0 Å². The average Bonchev–Trinajstić information content (AvgIpc) is 2.65. The van der Waals surface area contributed by atoms with Gasteiger partial charge in [-0.1, -0.05) is 26.7 Å². The Labute approximate surface area is 116 Å². The van der Waals surface area contributed by atoms with Crippen LogP contribution < -0.4 is 0 Å². The number of nitriles is 1. The molecule has 1 aromatic heterocycles. The second-order valence-electron chi connectivity index (χ2n) is 5.24. The molecular weight excluding hydrogens is 237 g/mol. The van der Waals surface area contributed by atoms with Gasteiger partial charge in [-0.25, -0.2) is 10.2 Å². The number of nitrogens with zero attached hydrogens (tertiary/aromatic N) is 3. The third kappa shape index (κ3) is 3.48. The summed E-state index contributed by atoms with van der Waals surface area (Å²) in [4.78, 5) is 4.47. The van der Waals surface area contributed by atoms with Gasteiger partial charge in [-0.2, -0.15) is 0 Å². The summed E-state index contributed by atoms with van der Waals surface area (Å²) in [5.74, 6) is 2.90. The summed E-state index contributed by atoms with van der Waals surface area (Å²) in [6.07, 6.45) is 0.922. The molecule has 0 aliphatic carbocycles. The van der Waals surface area contributed by atoms with E-state index in [0.29, 0.717) is 13.1 Å². The molecule has 1 rings (SSSR count). The summed E-state index contributed by atoms with van der Waals surface area (Å²) in [6, 6.07) is 0. The lowest BCUT2D eigenvalue weighted by Gasteiger charge is -2.18. The second kappa shape index (κ2) is 6.58. The fraction of sp³-hybridized carbons (Fsp3) is 0.571. The van der Waals surface area contributed by atoms with E-state index in [1.54, 1.807) is 0 Å². The van der Waals surface area contributed by atoms with Gasteiger partial charge in [0.2, 0.25) is 0 Å². The molecule has 0 aliphatic rings. The summed E-state index contributed by atoms with van der Waals surface area (Å²) < 4.78 is 1.94. The van der Waals surface area contributed by atoms with Crippen LogP contribution in [0.15, 0.2) is 6.58 Å². The van der Waals surface area contributed by atoms with Crippen molar-refractivity contribution in [2.45, 2.75) is 46.5 Å². The predicted octanol–water partition coefficient (Wildman–Crippen LogP) is 2.39. The molecule has 0 radical (unpaired) electrons. The van der Waals surface area contributed by atoms with Crippen molar-refractivity contribution in [2.24, 2.45) is 5.92 Å². The molecule has 1 N–H and O–H groups in total. The van der Waals surface area contributed by atoms with Gasteiger partial charge in [-0.3, -0.25) is 0 Å². The Kier molecular flexibility index (Phi) is 5.37. The highest BCUT2D eigenvalue weighted by molar-refractivity contribution is 6.45. The lowest BCUT2D eigenvalue weighted by atomic mass is 9.75. The Bertz CT molecular complexity index is 500. The number of hydrogen-bond donors (Lipinski definition) is 1. The number of rotatable bonds is 6. The van der Waals surface area contributed by atoms with Gasteiger partial charge in [-0.15, -0.1) is 0 Å². The van der Waals surface area contributed by atoms with E-state index < -0.39 is 6.10 Å². The van der Waals surface area contributed by atoms with Crippen molar-refractivity contribution in [3.05, 3.63) is 23.8 Å². The third-order valence-electron chi connectivity index (χ3n) is 3.34. The molecule has 0 aliphatic heterocycles. The average molecular weight is 259 g/mol. The molecule has 1 atom stereocenters. The minimum absolute atomic E-state index is 0.104. The molecule has 0 aromatic carbocycles. The van der Waals surface area contributed by atoms with Gasteiger partial charge in [0.25, 0.3) is 7.28 Å². The first-order chi connectivity index (χ1) is 8.90. The van der Waals surface area contributed by atoms with Crippen LogP contribution in [0.25, 0.3) is 5.70 Å². The number of allylic oxidation sites excluding steroid dienone is 1. The quantitative estimate of drug-likeness (QED) is 0.630. The van der Waals surface area contributed by atoms with E-state index in [9.17, 15) is 5.11 Å². The van der Waals surface area contributed by atoms with Crippen molar-refractivity contribution >= 4 is 13.0 Å². The van der Waals surface area contributed by atoms with E-state index in [1.165, 1.54) is 0 Å². The topological polar surface area (TPSA) is 61.8 Å². The minimum Gasteiger partial charge on any atom is -0.385 e. The fourth-order valence-corrected chi connectivity index (χ4v) is 2.02. The molecule has 19 heavy (non-hydrogen) atoms. The summed E-state index contributed by atoms with van der Waals surface area (Å²) in [7, 11) is 0.522. The molecule has 102 valence electrons. The molecule has 1 aromatic rings. The summed E-state index contributed by atoms with van der Waals surface area (Å²) in [6.45, 7) is 11.9. The highest BCUT2D eigenvalue weighted by Gasteiger charge is 2.22. The van der Waals surface area contributed by atoms with Crippen molar-refractivity contribution in [3.8, 4) is 5.97 Å². The van der Waals surface area contributed by atoms with E-state index in [4.69, 9.17) is 5.26 Å². The van der Waals surface area contributed by atoms with Crippen molar-refractivity contribution < 1.29 is 5.11 Å². The molecule has 0 saturated carbocycles. The molecule has 1 unspecified atom stereocenters. The maximum Gasteiger partial charge on any atom is 0.250 e. The van der Waals surface area contributed by atoms with Crippen molar-refractivity contribution in [1.82, 2.24) is 9.55 Å². The zero-order valence-electron chi connectivity index (χ0n) is 12.3. The minimum atomic E-state index is -0.597. The van der Waals surface area contributed by atoms with Gasteiger partial charge in [0.1, 0.15) is 11.9 Å². The molecular formula is C14H22BN3O. The van der Waals surface area contributed by atoms with Crippen LogP contribution in [0.4, 0.5) is 0 Å². The molecule has 1 heterocycles. The zero-order chi connectivity index (χ0) is 14.6. The highest BCUT2D eigenvalue weighted by atomic mass is 16.3. The van der Waals surface area contributed by atoms with Crippen molar-refractivity contribution in [2.75, 3.05) is 0 Å². The number of hydrogen-bond acceptors (Lipinski definition) is 3. The van der Waals surface area contributed by atoms with Gasteiger partial charge in [0.05, 0.1) is 5.69 Å². The largest absolute Gasteiger partial charge is 0.385 e. The van der Waals surface area contributed by atoms with Crippen LogP contribution in [0.2, 0.25) is 6.32 Å². The Morgan fingerprint density at radius 1 is 1.53 bits per heavy atom. The van der Waals surface area contributed by atoms with Crippen LogP contribution >= 0.6 is 0 Å². The normalized spacial score (nSPS) is 12.3. The predicted molar refractivity (Wildman–Crippen MR) is 79.0 cm³/mol. The SMILES string of the molecule is C=C(CCBC#N)n1c(C(O)C(C)C)nc(C)c1C. The number of imidazole rings is 1. The van der Waals surface area contributed by atoms with Gasteiger partial charge in [0.15, 0.2) is 0 Å².